The summed E-state index contributed by atoms with van der Waals surface area (Å²) in [5.74, 6) is 0.104. The van der Waals surface area contributed by atoms with Gasteiger partial charge in [0.05, 0.1) is 16.3 Å². The number of nitrogens with one attached hydrogen (secondary N) is 1. The Hall–Kier alpha value is -3.20. The molecule has 0 radical (unpaired) electrons. The first-order valence-corrected chi connectivity index (χ1v) is 11.8. The zero-order valence-corrected chi connectivity index (χ0v) is 18.9. The van der Waals surface area contributed by atoms with Gasteiger partial charge in [0.1, 0.15) is 0 Å². The maximum atomic E-state index is 13.0. The molecule has 9 heteroatoms. The largest absolute Gasteiger partial charge is 0.339 e. The Morgan fingerprint density at radius 2 is 1.84 bits per heavy atom. The van der Waals surface area contributed by atoms with Crippen LogP contribution in [0.25, 0.3) is 10.6 Å². The molecule has 2 aliphatic rings. The summed E-state index contributed by atoms with van der Waals surface area (Å²) in [6, 6.07) is 9.54. The van der Waals surface area contributed by atoms with Crippen molar-refractivity contribution < 1.29 is 9.59 Å². The van der Waals surface area contributed by atoms with Crippen LogP contribution in [0.3, 0.4) is 0 Å². The number of urea groups is 1. The van der Waals surface area contributed by atoms with Crippen molar-refractivity contribution in [3.8, 4) is 10.6 Å². The van der Waals surface area contributed by atoms with Crippen molar-refractivity contribution in [1.29, 1.82) is 0 Å². The van der Waals surface area contributed by atoms with E-state index in [2.05, 4.69) is 15.2 Å². The number of carbonyl (C=O) groups is 2. The third-order valence-corrected chi connectivity index (χ3v) is 7.29. The number of amides is 3. The number of carbonyl (C=O) groups excluding carboxylic acids is 2. The van der Waals surface area contributed by atoms with Gasteiger partial charge in [-0.05, 0) is 49.9 Å². The molecule has 1 aromatic carbocycles. The van der Waals surface area contributed by atoms with Crippen LogP contribution in [0.1, 0.15) is 40.9 Å². The molecule has 2 fully saturated rings. The number of aryl methyl sites for hydroxylation is 1. The van der Waals surface area contributed by atoms with Crippen LogP contribution in [0.5, 0.6) is 0 Å². The number of thiazole rings is 1. The number of hydrogen-bond donors (Lipinski definition) is 1. The van der Waals surface area contributed by atoms with Crippen LogP contribution in [-0.2, 0) is 6.54 Å². The second kappa shape index (κ2) is 8.74. The quantitative estimate of drug-likeness (QED) is 0.639. The molecule has 0 aliphatic carbocycles. The second-order valence-corrected chi connectivity index (χ2v) is 9.26. The molecule has 1 N–H and O–H groups in total. The van der Waals surface area contributed by atoms with Gasteiger partial charge in [-0.1, -0.05) is 23.5 Å². The van der Waals surface area contributed by atoms with Crippen LogP contribution in [0, 0.1) is 6.92 Å². The number of likely N-dealkylation sites (tertiary alicyclic amines) is 1. The van der Waals surface area contributed by atoms with Gasteiger partial charge in [0.15, 0.2) is 5.13 Å². The Morgan fingerprint density at radius 3 is 2.56 bits per heavy atom. The van der Waals surface area contributed by atoms with Crippen LogP contribution < -0.4 is 4.90 Å². The molecular weight excluding hydrogens is 424 g/mol. The van der Waals surface area contributed by atoms with E-state index in [1.165, 1.54) is 17.8 Å². The summed E-state index contributed by atoms with van der Waals surface area (Å²) in [5.41, 5.74) is 3.53. The minimum atomic E-state index is -0.0385. The van der Waals surface area contributed by atoms with Crippen molar-refractivity contribution in [2.75, 3.05) is 31.1 Å². The molecule has 0 unspecified atom stereocenters. The SMILES string of the molecule is Cc1nc(N2CCN(Cc3ccc(C(=O)N4CCCCC4)cc3)C2=O)sc1-c1ccn[nH]1. The van der Waals surface area contributed by atoms with E-state index in [0.717, 1.165) is 53.3 Å². The zero-order chi connectivity index (χ0) is 22.1. The van der Waals surface area contributed by atoms with E-state index in [-0.39, 0.29) is 11.9 Å². The lowest BCUT2D eigenvalue weighted by Gasteiger charge is -2.26. The maximum absolute atomic E-state index is 13.0. The van der Waals surface area contributed by atoms with Gasteiger partial charge in [0.25, 0.3) is 5.91 Å². The number of aromatic amines is 1. The van der Waals surface area contributed by atoms with E-state index in [0.29, 0.717) is 24.8 Å². The molecule has 0 atom stereocenters. The molecule has 4 heterocycles. The molecule has 2 saturated heterocycles. The number of piperidine rings is 1. The second-order valence-electron chi connectivity index (χ2n) is 8.29. The highest BCUT2D eigenvalue weighted by Crippen LogP contribution is 2.35. The van der Waals surface area contributed by atoms with E-state index in [1.54, 1.807) is 11.1 Å². The summed E-state index contributed by atoms with van der Waals surface area (Å²) < 4.78 is 0. The number of H-pyrrole nitrogens is 1. The molecule has 2 aliphatic heterocycles. The third-order valence-electron chi connectivity index (χ3n) is 6.07. The molecule has 0 saturated carbocycles. The van der Waals surface area contributed by atoms with Gasteiger partial charge in [-0.25, -0.2) is 9.78 Å². The average Bonchev–Trinajstić information content (AvgIpc) is 3.56. The van der Waals surface area contributed by atoms with E-state index in [9.17, 15) is 9.59 Å². The molecule has 3 amide bonds. The van der Waals surface area contributed by atoms with Crippen LogP contribution in [0.4, 0.5) is 9.93 Å². The van der Waals surface area contributed by atoms with E-state index >= 15 is 0 Å². The summed E-state index contributed by atoms with van der Waals surface area (Å²) in [6.45, 7) is 5.41. The van der Waals surface area contributed by atoms with Gasteiger partial charge >= 0.3 is 6.03 Å². The fraction of sp³-hybridized carbons (Fsp3) is 0.391. The van der Waals surface area contributed by atoms with Gasteiger partial charge in [0.2, 0.25) is 0 Å². The number of aromatic nitrogens is 3. The van der Waals surface area contributed by atoms with Crippen molar-refractivity contribution in [3.05, 3.63) is 53.3 Å². The summed E-state index contributed by atoms with van der Waals surface area (Å²) in [4.78, 5) is 36.8. The Labute approximate surface area is 190 Å². The highest BCUT2D eigenvalue weighted by molar-refractivity contribution is 7.19. The number of anilines is 1. The predicted molar refractivity (Wildman–Crippen MR) is 124 cm³/mol. The summed E-state index contributed by atoms with van der Waals surface area (Å²) >= 11 is 1.50. The van der Waals surface area contributed by atoms with Crippen LogP contribution in [-0.4, -0.2) is 63.1 Å². The standard InChI is InChI=1S/C23H26N6O2S/c1-16-20(19-9-10-24-26-19)32-22(25-16)29-14-13-28(23(29)31)15-17-5-7-18(8-6-17)21(30)27-11-3-2-4-12-27/h5-10H,2-4,11-15H2,1H3,(H,24,26). The molecule has 8 nitrogen and oxygen atoms in total. The predicted octanol–water partition coefficient (Wildman–Crippen LogP) is 3.91. The maximum Gasteiger partial charge on any atom is 0.326 e. The molecule has 0 spiro atoms. The number of nitrogens with zero attached hydrogens (tertiary/aromatic N) is 5. The molecule has 3 aromatic rings. The minimum absolute atomic E-state index is 0.0385. The number of hydrogen-bond acceptors (Lipinski definition) is 5. The smallest absolute Gasteiger partial charge is 0.326 e. The fourth-order valence-corrected chi connectivity index (χ4v) is 5.35. The van der Waals surface area contributed by atoms with E-state index in [4.69, 9.17) is 0 Å². The fourth-order valence-electron chi connectivity index (χ4n) is 4.29. The lowest BCUT2D eigenvalue weighted by molar-refractivity contribution is 0.0724. The lowest BCUT2D eigenvalue weighted by Crippen LogP contribution is -2.35. The highest BCUT2D eigenvalue weighted by Gasteiger charge is 2.32. The van der Waals surface area contributed by atoms with E-state index in [1.807, 2.05) is 47.1 Å². The minimum Gasteiger partial charge on any atom is -0.339 e. The van der Waals surface area contributed by atoms with Crippen LogP contribution in [0.2, 0.25) is 0 Å². The lowest BCUT2D eigenvalue weighted by atomic mass is 10.1. The normalized spacial score (nSPS) is 16.8. The third kappa shape index (κ3) is 4.00. The van der Waals surface area contributed by atoms with Crippen molar-refractivity contribution in [1.82, 2.24) is 25.0 Å². The molecule has 0 bridgehead atoms. The van der Waals surface area contributed by atoms with Crippen molar-refractivity contribution >= 4 is 28.4 Å². The zero-order valence-electron chi connectivity index (χ0n) is 18.1. The summed E-state index contributed by atoms with van der Waals surface area (Å²) in [6.07, 6.45) is 5.08. The molecule has 5 rings (SSSR count). The first-order chi connectivity index (χ1) is 15.6. The summed E-state index contributed by atoms with van der Waals surface area (Å²) in [7, 11) is 0. The van der Waals surface area contributed by atoms with Gasteiger partial charge in [0, 0.05) is 44.5 Å². The summed E-state index contributed by atoms with van der Waals surface area (Å²) in [5, 5.41) is 7.68. The van der Waals surface area contributed by atoms with Crippen molar-refractivity contribution in [3.63, 3.8) is 0 Å². The van der Waals surface area contributed by atoms with E-state index < -0.39 is 0 Å². The topological polar surface area (TPSA) is 85.4 Å². The Kier molecular flexibility index (Phi) is 5.65. The highest BCUT2D eigenvalue weighted by atomic mass is 32.1. The average molecular weight is 451 g/mol. The van der Waals surface area contributed by atoms with Gasteiger partial charge < -0.3 is 9.80 Å². The first-order valence-electron chi connectivity index (χ1n) is 11.0. The number of benzene rings is 1. The van der Waals surface area contributed by atoms with Crippen molar-refractivity contribution in [2.45, 2.75) is 32.7 Å². The number of rotatable bonds is 5. The molecular formula is C23H26N6O2S. The van der Waals surface area contributed by atoms with Gasteiger partial charge in [-0.2, -0.15) is 5.10 Å². The molecule has 2 aromatic heterocycles. The first kappa shape index (κ1) is 20.7. The molecule has 32 heavy (non-hydrogen) atoms. The van der Waals surface area contributed by atoms with Gasteiger partial charge in [-0.15, -0.1) is 0 Å². The Bertz CT molecular complexity index is 1100. The van der Waals surface area contributed by atoms with Crippen LogP contribution >= 0.6 is 11.3 Å². The van der Waals surface area contributed by atoms with Crippen LogP contribution in [0.15, 0.2) is 36.5 Å². The Balaban J connectivity index is 1.24. The Morgan fingerprint density at radius 1 is 1.06 bits per heavy atom. The van der Waals surface area contributed by atoms with Gasteiger partial charge in [-0.3, -0.25) is 14.8 Å². The molecule has 166 valence electrons. The van der Waals surface area contributed by atoms with Crippen molar-refractivity contribution in [2.24, 2.45) is 0 Å². The monoisotopic (exact) mass is 450 g/mol.